The predicted octanol–water partition coefficient (Wildman–Crippen LogP) is 1.34. The third-order valence-corrected chi connectivity index (χ3v) is 6.95. The number of thioether (sulfide) groups is 1. The Balaban J connectivity index is 2.16. The molecule has 0 aromatic carbocycles. The van der Waals surface area contributed by atoms with E-state index in [1.165, 1.54) is 16.7 Å². The lowest BCUT2D eigenvalue weighted by atomic mass is 9.93. The summed E-state index contributed by atoms with van der Waals surface area (Å²) in [4.78, 5) is 22.5. The summed E-state index contributed by atoms with van der Waals surface area (Å²) in [5.74, 6) is -1.45. The van der Waals surface area contributed by atoms with Crippen LogP contribution in [0.4, 0.5) is 0 Å². The molecule has 0 aliphatic carbocycles. The molecule has 0 aromatic heterocycles. The van der Waals surface area contributed by atoms with E-state index in [-0.39, 0.29) is 17.0 Å². The van der Waals surface area contributed by atoms with Crippen molar-refractivity contribution in [3.8, 4) is 0 Å². The minimum Gasteiger partial charge on any atom is -0.477 e. The minimum absolute atomic E-state index is 0.00416. The van der Waals surface area contributed by atoms with Crippen LogP contribution in [0.2, 0.25) is 0 Å². The van der Waals surface area contributed by atoms with Gasteiger partial charge in [-0.3, -0.25) is 15.0 Å². The first kappa shape index (κ1) is 13.8. The number of amides is 1. The highest BCUT2D eigenvalue weighted by molar-refractivity contribution is 8.01. The zero-order chi connectivity index (χ0) is 14.1. The van der Waals surface area contributed by atoms with Gasteiger partial charge in [0, 0.05) is 0 Å². The van der Waals surface area contributed by atoms with Gasteiger partial charge < -0.3 is 5.11 Å². The molecule has 104 valence electrons. The van der Waals surface area contributed by atoms with Crippen molar-refractivity contribution in [3.63, 3.8) is 0 Å². The Kier molecular flexibility index (Phi) is 3.04. The summed E-state index contributed by atoms with van der Waals surface area (Å²) in [6, 6.07) is -0.541. The van der Waals surface area contributed by atoms with Gasteiger partial charge in [-0.05, 0) is 12.5 Å². The van der Waals surface area contributed by atoms with E-state index in [9.17, 15) is 14.7 Å². The van der Waals surface area contributed by atoms with Gasteiger partial charge in [0.1, 0.15) is 26.9 Å². The quantitative estimate of drug-likeness (QED) is 0.450. The summed E-state index contributed by atoms with van der Waals surface area (Å²) in [7, 11) is 0. The molecule has 3 heterocycles. The molecule has 1 amide bonds. The van der Waals surface area contributed by atoms with Crippen LogP contribution in [0.3, 0.4) is 0 Å². The maximum absolute atomic E-state index is 12.0. The fourth-order valence-corrected chi connectivity index (χ4v) is 5.34. The molecule has 2 bridgehead atoms. The smallest absolute Gasteiger partial charge is 0.352 e. The van der Waals surface area contributed by atoms with E-state index in [0.29, 0.717) is 5.57 Å². The number of carboxylic acid groups (broad SMARTS) is 1. The van der Waals surface area contributed by atoms with Crippen molar-refractivity contribution < 1.29 is 14.7 Å². The number of aliphatic carboxylic acids is 1. The van der Waals surface area contributed by atoms with Crippen molar-refractivity contribution >= 4 is 58.4 Å². The average molecular weight is 344 g/mol. The van der Waals surface area contributed by atoms with Gasteiger partial charge in [0.25, 0.3) is 0 Å². The van der Waals surface area contributed by atoms with Crippen LogP contribution in [0.1, 0.15) is 6.92 Å². The molecule has 2 saturated heterocycles. The highest BCUT2D eigenvalue weighted by Crippen LogP contribution is 2.54. The number of fused-ring (bicyclic) bond motifs is 1. The SMILES string of the molecule is CC1=C(C(=O)O)N2C(=O)[C@@H]3NC(Cl)(C(Cl)Cl)C1S[C@@H]32. The number of nitrogens with one attached hydrogen (secondary N) is 1. The summed E-state index contributed by atoms with van der Waals surface area (Å²) in [6.07, 6.45) is 0. The molecule has 0 saturated carbocycles. The van der Waals surface area contributed by atoms with Crippen LogP contribution < -0.4 is 5.32 Å². The molecule has 5 nitrogen and oxygen atoms in total. The van der Waals surface area contributed by atoms with Crippen molar-refractivity contribution in [2.24, 2.45) is 0 Å². The van der Waals surface area contributed by atoms with Crippen LogP contribution >= 0.6 is 46.6 Å². The van der Waals surface area contributed by atoms with E-state index < -0.39 is 27.1 Å². The third-order valence-electron chi connectivity index (χ3n) is 3.60. The molecule has 3 aliphatic rings. The molecule has 4 atom stereocenters. The Morgan fingerprint density at radius 1 is 1.58 bits per heavy atom. The Morgan fingerprint density at radius 2 is 2.21 bits per heavy atom. The molecule has 0 aromatic rings. The number of rotatable bonds is 2. The Labute approximate surface area is 128 Å². The van der Waals surface area contributed by atoms with Crippen LogP contribution in [0.5, 0.6) is 0 Å². The molecular formula is C10H9Cl3N2O3S. The van der Waals surface area contributed by atoms with Gasteiger partial charge in [0.15, 0.2) is 0 Å². The average Bonchev–Trinajstić information content (AvgIpc) is 2.34. The first-order valence-electron chi connectivity index (χ1n) is 5.46. The number of hydrogen-bond acceptors (Lipinski definition) is 4. The number of carboxylic acids is 1. The number of hydrogen-bond donors (Lipinski definition) is 2. The maximum atomic E-state index is 12.0. The molecule has 2 fully saturated rings. The van der Waals surface area contributed by atoms with Crippen molar-refractivity contribution in [1.82, 2.24) is 10.2 Å². The van der Waals surface area contributed by atoms with Crippen molar-refractivity contribution in [3.05, 3.63) is 11.3 Å². The number of carbonyl (C=O) groups excluding carboxylic acids is 1. The van der Waals surface area contributed by atoms with Gasteiger partial charge in [0.05, 0.1) is 5.25 Å². The zero-order valence-electron chi connectivity index (χ0n) is 9.56. The zero-order valence-corrected chi connectivity index (χ0v) is 12.6. The minimum atomic E-state index is -1.25. The molecule has 2 unspecified atom stereocenters. The van der Waals surface area contributed by atoms with E-state index in [1.54, 1.807) is 6.92 Å². The number of alkyl halides is 3. The summed E-state index contributed by atoms with van der Waals surface area (Å²) < 4.78 is 0. The summed E-state index contributed by atoms with van der Waals surface area (Å²) in [6.45, 7) is 1.64. The highest BCUT2D eigenvalue weighted by atomic mass is 35.5. The van der Waals surface area contributed by atoms with E-state index in [0.717, 1.165) is 0 Å². The van der Waals surface area contributed by atoms with Crippen LogP contribution in [-0.4, -0.2) is 48.4 Å². The van der Waals surface area contributed by atoms with Crippen molar-refractivity contribution in [2.75, 3.05) is 0 Å². The molecule has 3 aliphatic heterocycles. The lowest BCUT2D eigenvalue weighted by molar-refractivity contribution is -0.150. The van der Waals surface area contributed by atoms with Crippen LogP contribution in [0, 0.1) is 0 Å². The van der Waals surface area contributed by atoms with E-state index in [2.05, 4.69) is 5.32 Å². The second-order valence-electron chi connectivity index (χ2n) is 4.64. The number of carbonyl (C=O) groups is 2. The van der Waals surface area contributed by atoms with Gasteiger partial charge >= 0.3 is 5.97 Å². The van der Waals surface area contributed by atoms with E-state index >= 15 is 0 Å². The lowest BCUT2D eigenvalue weighted by Gasteiger charge is -2.60. The van der Waals surface area contributed by atoms with Gasteiger partial charge in [-0.25, -0.2) is 4.79 Å². The molecule has 0 spiro atoms. The molecule has 19 heavy (non-hydrogen) atoms. The largest absolute Gasteiger partial charge is 0.477 e. The van der Waals surface area contributed by atoms with Gasteiger partial charge in [-0.15, -0.1) is 35.0 Å². The van der Waals surface area contributed by atoms with Crippen molar-refractivity contribution in [2.45, 2.75) is 33.4 Å². The van der Waals surface area contributed by atoms with E-state index in [1.807, 2.05) is 0 Å². The second-order valence-corrected chi connectivity index (χ2v) is 7.59. The first-order chi connectivity index (χ1) is 8.79. The van der Waals surface area contributed by atoms with Crippen LogP contribution in [0.25, 0.3) is 0 Å². The standard InChI is InChI=1S/C10H9Cl3N2O3S/c1-2-4(8(17)18)15-6(16)3-7(15)19-5(2)10(13,14-3)9(11)12/h3,5,7,9,14H,1H3,(H,17,18)/t3-,5?,7-,10?/m0/s1. The highest BCUT2D eigenvalue weighted by Gasteiger charge is 2.65. The van der Waals surface area contributed by atoms with E-state index in [4.69, 9.17) is 34.8 Å². The Bertz CT molecular complexity index is 526. The second kappa shape index (κ2) is 4.18. The number of halogens is 3. The molecule has 0 radical (unpaired) electrons. The number of β-lactam (4-membered cyclic amide) rings is 1. The monoisotopic (exact) mass is 342 g/mol. The Morgan fingerprint density at radius 3 is 2.74 bits per heavy atom. The fourth-order valence-electron chi connectivity index (χ4n) is 2.71. The summed E-state index contributed by atoms with van der Waals surface area (Å²) in [5, 5.41) is 11.6. The van der Waals surface area contributed by atoms with Crippen LogP contribution in [0.15, 0.2) is 11.3 Å². The summed E-state index contributed by atoms with van der Waals surface area (Å²) in [5.41, 5.74) is 0.490. The van der Waals surface area contributed by atoms with Gasteiger partial charge in [-0.1, -0.05) is 11.6 Å². The first-order valence-corrected chi connectivity index (χ1v) is 7.65. The Hall–Kier alpha value is -0.140. The van der Waals surface area contributed by atoms with Gasteiger partial charge in [-0.2, -0.15) is 0 Å². The predicted molar refractivity (Wildman–Crippen MR) is 73.4 cm³/mol. The van der Waals surface area contributed by atoms with Crippen molar-refractivity contribution in [1.29, 1.82) is 0 Å². The van der Waals surface area contributed by atoms with Crippen LogP contribution in [-0.2, 0) is 9.59 Å². The third kappa shape index (κ3) is 1.61. The molecule has 9 heteroatoms. The maximum Gasteiger partial charge on any atom is 0.352 e. The molecule has 3 rings (SSSR count). The molecule has 2 N–H and O–H groups in total. The number of nitrogens with zero attached hydrogens (tertiary/aromatic N) is 1. The molecular weight excluding hydrogens is 335 g/mol. The fraction of sp³-hybridized carbons (Fsp3) is 0.600. The normalized spacial score (nSPS) is 40.6. The summed E-state index contributed by atoms with van der Waals surface area (Å²) >= 11 is 19.7. The van der Waals surface area contributed by atoms with Gasteiger partial charge in [0.2, 0.25) is 5.91 Å². The lowest BCUT2D eigenvalue weighted by Crippen LogP contribution is -2.79. The topological polar surface area (TPSA) is 69.6 Å².